The number of amides is 1. The number of nitrogens with one attached hydrogen (secondary N) is 1. The molecule has 3 heterocycles. The number of carbonyl (C=O) groups excluding carboxylic acids is 4. The Labute approximate surface area is 242 Å². The van der Waals surface area contributed by atoms with Gasteiger partial charge in [-0.3, -0.25) is 14.4 Å². The molecule has 1 aliphatic heterocycles. The van der Waals surface area contributed by atoms with E-state index in [-0.39, 0.29) is 23.3 Å². The van der Waals surface area contributed by atoms with E-state index in [1.54, 1.807) is 61.5 Å². The highest BCUT2D eigenvalue weighted by atomic mass is 16.8. The zero-order valence-corrected chi connectivity index (χ0v) is 24.7. The average Bonchev–Trinajstić information content (AvgIpc) is 3.18. The summed E-state index contributed by atoms with van der Waals surface area (Å²) in [7, 11) is 0. The molecule has 2 fully saturated rings. The molecule has 2 aromatic rings. The van der Waals surface area contributed by atoms with Crippen LogP contribution in [0.3, 0.4) is 0 Å². The molecule has 1 amide bonds. The van der Waals surface area contributed by atoms with E-state index < -0.39 is 65.5 Å². The molecular weight excluding hydrogens is 550 g/mol. The summed E-state index contributed by atoms with van der Waals surface area (Å²) in [5.74, 6) is -3.08. The number of aromatic nitrogens is 3. The van der Waals surface area contributed by atoms with Gasteiger partial charge in [0.25, 0.3) is 0 Å². The minimum absolute atomic E-state index is 0.111. The topological polar surface area (TPSA) is 180 Å². The van der Waals surface area contributed by atoms with Crippen molar-refractivity contribution < 1.29 is 42.9 Å². The van der Waals surface area contributed by atoms with E-state index in [9.17, 15) is 24.4 Å². The predicted octanol–water partition coefficient (Wildman–Crippen LogP) is 2.89. The number of esters is 2. The van der Waals surface area contributed by atoms with E-state index in [0.29, 0.717) is 5.52 Å². The van der Waals surface area contributed by atoms with Crippen LogP contribution in [-0.2, 0) is 43.7 Å². The summed E-state index contributed by atoms with van der Waals surface area (Å²) < 4.78 is 30.0. The monoisotopic (exact) mass is 585 g/mol. The van der Waals surface area contributed by atoms with Crippen LogP contribution >= 0.6 is 0 Å². The Bertz CT molecular complexity index is 1440. The lowest BCUT2D eigenvalue weighted by atomic mass is 9.89. The summed E-state index contributed by atoms with van der Waals surface area (Å²) in [6, 6.07) is 5.19. The summed E-state index contributed by atoms with van der Waals surface area (Å²) in [5, 5.41) is 17.7. The van der Waals surface area contributed by atoms with Gasteiger partial charge in [-0.2, -0.15) is 10.4 Å². The highest BCUT2D eigenvalue weighted by Crippen LogP contribution is 2.63. The van der Waals surface area contributed by atoms with Crippen LogP contribution in [-0.4, -0.2) is 68.6 Å². The van der Waals surface area contributed by atoms with E-state index in [0.717, 1.165) is 0 Å². The number of nitrogens with zero attached hydrogens (tertiary/aromatic N) is 4. The molecule has 0 spiro atoms. The first kappa shape index (κ1) is 30.7. The smallest absolute Gasteiger partial charge is 0.453 e. The van der Waals surface area contributed by atoms with Crippen LogP contribution in [0.2, 0.25) is 0 Å². The Kier molecular flexibility index (Phi) is 8.19. The molecule has 2 aromatic heterocycles. The molecule has 14 nitrogen and oxygen atoms in total. The molecule has 14 heteroatoms. The van der Waals surface area contributed by atoms with Crippen molar-refractivity contribution in [3.8, 4) is 6.07 Å². The normalized spacial score (nSPS) is 26.2. The van der Waals surface area contributed by atoms with Crippen molar-refractivity contribution in [2.45, 2.75) is 91.0 Å². The molecular formula is C28H35N5O9. The molecule has 0 aromatic carbocycles. The lowest BCUT2D eigenvalue weighted by Crippen LogP contribution is -2.52. The van der Waals surface area contributed by atoms with Gasteiger partial charge < -0.3 is 29.0 Å². The Morgan fingerprint density at radius 1 is 1.00 bits per heavy atom. The first-order chi connectivity index (χ1) is 19.7. The number of anilines is 1. The van der Waals surface area contributed by atoms with Crippen molar-refractivity contribution in [1.82, 2.24) is 14.6 Å². The fourth-order valence-corrected chi connectivity index (χ4v) is 4.63. The molecule has 0 radical (unpaired) electrons. The third kappa shape index (κ3) is 5.13. The van der Waals surface area contributed by atoms with Crippen molar-refractivity contribution >= 4 is 35.3 Å². The molecule has 5 atom stereocenters. The second-order valence-electron chi connectivity index (χ2n) is 11.5. The zero-order valence-electron chi connectivity index (χ0n) is 24.7. The van der Waals surface area contributed by atoms with Gasteiger partial charge >= 0.3 is 18.1 Å². The summed E-state index contributed by atoms with van der Waals surface area (Å²) >= 11 is 0. The van der Waals surface area contributed by atoms with Gasteiger partial charge in [0.1, 0.15) is 24.0 Å². The second-order valence-corrected chi connectivity index (χ2v) is 11.5. The predicted molar refractivity (Wildman–Crippen MR) is 143 cm³/mol. The number of ether oxygens (including phenoxy) is 5. The maximum absolute atomic E-state index is 13.0. The lowest BCUT2D eigenvalue weighted by Gasteiger charge is -2.34. The summed E-state index contributed by atoms with van der Waals surface area (Å²) in [5.41, 5.74) is -3.49. The minimum atomic E-state index is -2.08. The van der Waals surface area contributed by atoms with Gasteiger partial charge in [-0.25, -0.2) is 14.3 Å². The number of rotatable bonds is 9. The van der Waals surface area contributed by atoms with Gasteiger partial charge in [0, 0.05) is 5.92 Å². The first-order valence-corrected chi connectivity index (χ1v) is 13.7. The fraction of sp³-hybridized carbons (Fsp3) is 0.607. The molecule has 2 aliphatic rings. The van der Waals surface area contributed by atoms with Gasteiger partial charge in [0.15, 0.2) is 18.0 Å². The van der Waals surface area contributed by atoms with Crippen molar-refractivity contribution in [2.24, 2.45) is 17.8 Å². The summed E-state index contributed by atoms with van der Waals surface area (Å²) in [6.07, 6.45) is -4.37. The van der Waals surface area contributed by atoms with Crippen LogP contribution in [0.15, 0.2) is 18.5 Å². The van der Waals surface area contributed by atoms with E-state index in [1.807, 2.05) is 0 Å². The summed E-state index contributed by atoms with van der Waals surface area (Å²) in [4.78, 5) is 55.0. The van der Waals surface area contributed by atoms with E-state index in [2.05, 4.69) is 21.5 Å². The number of hydrogen-bond donors (Lipinski definition) is 1. The quantitative estimate of drug-likeness (QED) is 0.336. The molecule has 1 aliphatic carbocycles. The Morgan fingerprint density at radius 3 is 2.24 bits per heavy atom. The Balaban J connectivity index is 1.85. The molecule has 1 saturated carbocycles. The summed E-state index contributed by atoms with van der Waals surface area (Å²) in [6.45, 7) is 13.1. The van der Waals surface area contributed by atoms with Gasteiger partial charge in [-0.1, -0.05) is 41.5 Å². The van der Waals surface area contributed by atoms with Crippen LogP contribution in [0.1, 0.15) is 61.1 Å². The molecule has 0 bridgehead atoms. The third-order valence-electron chi connectivity index (χ3n) is 6.92. The highest BCUT2D eigenvalue weighted by Gasteiger charge is 2.89. The van der Waals surface area contributed by atoms with Gasteiger partial charge in [0.05, 0.1) is 23.6 Å². The average molecular weight is 586 g/mol. The molecule has 1 N–H and O–H groups in total. The molecule has 226 valence electrons. The number of hydrogen-bond acceptors (Lipinski definition) is 12. The van der Waals surface area contributed by atoms with Crippen LogP contribution in [0.5, 0.6) is 0 Å². The van der Waals surface area contributed by atoms with Crippen molar-refractivity contribution in [3.05, 3.63) is 24.2 Å². The van der Waals surface area contributed by atoms with Crippen LogP contribution < -0.4 is 5.32 Å². The van der Waals surface area contributed by atoms with Crippen molar-refractivity contribution in [3.63, 3.8) is 0 Å². The maximum Gasteiger partial charge on any atom is 0.509 e. The van der Waals surface area contributed by atoms with E-state index >= 15 is 0 Å². The molecule has 4 rings (SSSR count). The zero-order chi connectivity index (χ0) is 31.1. The van der Waals surface area contributed by atoms with Crippen LogP contribution in [0.25, 0.3) is 5.52 Å². The first-order valence-electron chi connectivity index (χ1n) is 13.7. The Morgan fingerprint density at radius 2 is 1.67 bits per heavy atom. The largest absolute Gasteiger partial charge is 0.509 e. The number of fused-ring (bicyclic) bond motifs is 2. The fourth-order valence-electron chi connectivity index (χ4n) is 4.63. The number of carbonyl (C=O) groups is 4. The van der Waals surface area contributed by atoms with Crippen LogP contribution in [0, 0.1) is 29.1 Å². The standard InChI is InChI=1S/C28H35N5O9/c1-13(2)22(34)32-21-17-9-10-18(33(17)31-12-30-21)27(11-29)25(40-23(35)14(3)4)28(42-24(36)15(5)6)19(20(28)41-27)39-26(37)38-16(7)8/h9-10,12-16,19-20,25H,1-8H3,(H,30,31,32,34)/t19?,20-,25+,27+,28-/m1/s1. The van der Waals surface area contributed by atoms with Gasteiger partial charge in [0.2, 0.25) is 17.1 Å². The maximum atomic E-state index is 13.0. The number of nitriles is 1. The molecule has 1 saturated heterocycles. The minimum Gasteiger partial charge on any atom is -0.453 e. The van der Waals surface area contributed by atoms with Gasteiger partial charge in [-0.05, 0) is 26.0 Å². The van der Waals surface area contributed by atoms with Crippen molar-refractivity contribution in [2.75, 3.05) is 5.32 Å². The van der Waals surface area contributed by atoms with E-state index in [4.69, 9.17) is 23.7 Å². The molecule has 1 unspecified atom stereocenters. The lowest BCUT2D eigenvalue weighted by molar-refractivity contribution is -0.189. The third-order valence-corrected chi connectivity index (χ3v) is 6.92. The second kappa shape index (κ2) is 11.2. The highest BCUT2D eigenvalue weighted by molar-refractivity contribution is 5.94. The van der Waals surface area contributed by atoms with E-state index in [1.165, 1.54) is 16.9 Å². The Hall–Kier alpha value is -4.25. The van der Waals surface area contributed by atoms with Gasteiger partial charge in [-0.15, -0.1) is 0 Å². The SMILES string of the molecule is CC(C)OC(=O)OC1[C@H]2O[C@@](C#N)(c3ccc4c(NC(=O)C(C)C)ncnn34)[C@H](OC(=O)C(C)C)[C@@]12OC(=O)C(C)C. The van der Waals surface area contributed by atoms with Crippen LogP contribution in [0.4, 0.5) is 10.6 Å². The molecule has 42 heavy (non-hydrogen) atoms. The van der Waals surface area contributed by atoms with Crippen molar-refractivity contribution in [1.29, 1.82) is 5.26 Å².